The second-order valence-electron chi connectivity index (χ2n) is 12.0. The SMILES string of the molecule is O=C1C=C2CO[C@H]3CCCC[C@@]3(c3ccccc3)OCCOCCO[C@@]3(c4ccccc4)CCCC[C@H]3OCC(=C1)C2=O. The van der Waals surface area contributed by atoms with Gasteiger partial charge in [-0.15, -0.1) is 0 Å². The summed E-state index contributed by atoms with van der Waals surface area (Å²) in [7, 11) is 0. The Balaban J connectivity index is 1.29. The van der Waals surface area contributed by atoms with Gasteiger partial charge in [-0.2, -0.15) is 0 Å². The van der Waals surface area contributed by atoms with Crippen molar-refractivity contribution in [2.75, 3.05) is 39.6 Å². The highest BCUT2D eigenvalue weighted by Gasteiger charge is 2.46. The number of carbonyl (C=O) groups excluding carboxylic acids is 2. The van der Waals surface area contributed by atoms with Crippen LogP contribution in [0.5, 0.6) is 0 Å². The monoisotopic (exact) mass is 586 g/mol. The van der Waals surface area contributed by atoms with Crippen molar-refractivity contribution < 1.29 is 33.3 Å². The molecule has 228 valence electrons. The third-order valence-electron chi connectivity index (χ3n) is 9.36. The smallest absolute Gasteiger partial charge is 0.189 e. The van der Waals surface area contributed by atoms with Crippen molar-refractivity contribution in [1.29, 1.82) is 0 Å². The molecule has 4 atom stereocenters. The van der Waals surface area contributed by atoms with Crippen LogP contribution in [0.2, 0.25) is 0 Å². The van der Waals surface area contributed by atoms with E-state index in [0.717, 1.165) is 62.5 Å². The van der Waals surface area contributed by atoms with Crippen LogP contribution >= 0.6 is 0 Å². The largest absolute Gasteiger partial charge is 0.377 e. The normalized spacial score (nSPS) is 31.4. The van der Waals surface area contributed by atoms with Gasteiger partial charge in [0.25, 0.3) is 0 Å². The van der Waals surface area contributed by atoms with E-state index in [0.29, 0.717) is 37.6 Å². The van der Waals surface area contributed by atoms with Gasteiger partial charge in [-0.05, 0) is 49.0 Å². The average molecular weight is 587 g/mol. The van der Waals surface area contributed by atoms with Crippen molar-refractivity contribution in [3.05, 3.63) is 95.1 Å². The van der Waals surface area contributed by atoms with Crippen LogP contribution in [0.4, 0.5) is 0 Å². The van der Waals surface area contributed by atoms with Crippen molar-refractivity contribution in [3.63, 3.8) is 0 Å². The third kappa shape index (κ3) is 6.47. The minimum absolute atomic E-state index is 0.0432. The second kappa shape index (κ2) is 13.8. The lowest BCUT2D eigenvalue weighted by atomic mass is 9.76. The summed E-state index contributed by atoms with van der Waals surface area (Å²) in [5.41, 5.74) is 1.50. The van der Waals surface area contributed by atoms with Crippen molar-refractivity contribution in [2.45, 2.75) is 74.8 Å². The number of allylic oxidation sites excluding steroid dienone is 2. The predicted octanol–water partition coefficient (Wildman–Crippen LogP) is 5.76. The van der Waals surface area contributed by atoms with E-state index in [1.165, 1.54) is 12.2 Å². The fourth-order valence-corrected chi connectivity index (χ4v) is 7.24. The minimum atomic E-state index is -0.665. The van der Waals surface area contributed by atoms with E-state index < -0.39 is 11.2 Å². The fourth-order valence-electron chi connectivity index (χ4n) is 7.24. The van der Waals surface area contributed by atoms with E-state index >= 15 is 0 Å². The Bertz CT molecular complexity index is 1220. The predicted molar refractivity (Wildman–Crippen MR) is 162 cm³/mol. The molecule has 0 unspecified atom stereocenters. The summed E-state index contributed by atoms with van der Waals surface area (Å²) < 4.78 is 32.5. The lowest BCUT2D eigenvalue weighted by Crippen LogP contribution is -2.48. The Morgan fingerprint density at radius 2 is 1.05 bits per heavy atom. The van der Waals surface area contributed by atoms with Crippen LogP contribution in [0, 0.1) is 0 Å². The van der Waals surface area contributed by atoms with Gasteiger partial charge >= 0.3 is 0 Å². The molecule has 1 saturated heterocycles. The number of hydrogen-bond donors (Lipinski definition) is 0. The molecule has 2 aromatic carbocycles. The van der Waals surface area contributed by atoms with Gasteiger partial charge in [-0.1, -0.05) is 86.3 Å². The maximum Gasteiger partial charge on any atom is 0.189 e. The van der Waals surface area contributed by atoms with Crippen molar-refractivity contribution in [1.82, 2.24) is 0 Å². The molecule has 2 saturated carbocycles. The van der Waals surface area contributed by atoms with Crippen LogP contribution in [-0.2, 0) is 44.5 Å². The average Bonchev–Trinajstić information content (AvgIpc) is 3.05. The van der Waals surface area contributed by atoms with Crippen LogP contribution < -0.4 is 0 Å². The first kappa shape index (κ1) is 30.1. The van der Waals surface area contributed by atoms with Gasteiger partial charge in [-0.25, -0.2) is 0 Å². The number of benzene rings is 2. The number of hydrogen-bond acceptors (Lipinski definition) is 7. The first-order valence-electron chi connectivity index (χ1n) is 15.8. The van der Waals surface area contributed by atoms with Crippen molar-refractivity contribution in [3.8, 4) is 0 Å². The molecule has 7 heteroatoms. The Hall–Kier alpha value is -2.94. The van der Waals surface area contributed by atoms with Crippen LogP contribution in [0.1, 0.15) is 62.5 Å². The first-order valence-corrected chi connectivity index (χ1v) is 15.8. The van der Waals surface area contributed by atoms with E-state index in [4.69, 9.17) is 23.7 Å². The van der Waals surface area contributed by atoms with Gasteiger partial charge in [0.15, 0.2) is 11.6 Å². The summed E-state index contributed by atoms with van der Waals surface area (Å²) in [6.07, 6.45) is 9.51. The van der Waals surface area contributed by atoms with Gasteiger partial charge in [0, 0.05) is 11.1 Å². The quantitative estimate of drug-likeness (QED) is 0.414. The van der Waals surface area contributed by atoms with E-state index in [9.17, 15) is 9.59 Å². The number of fused-ring (bicyclic) bond motifs is 4. The Morgan fingerprint density at radius 1 is 0.581 bits per heavy atom. The topological polar surface area (TPSA) is 80.3 Å². The van der Waals surface area contributed by atoms with Crippen LogP contribution in [0.3, 0.4) is 0 Å². The lowest BCUT2D eigenvalue weighted by molar-refractivity contribution is -0.186. The highest BCUT2D eigenvalue weighted by atomic mass is 16.6. The molecule has 6 rings (SSSR count). The number of Topliss-reactive ketones (excluding diaryl/α,β-unsaturated/α-hetero) is 1. The summed E-state index contributed by atoms with van der Waals surface area (Å²) in [5.74, 6) is -0.412. The van der Waals surface area contributed by atoms with Gasteiger partial charge < -0.3 is 23.7 Å². The molecule has 2 aromatic rings. The second-order valence-corrected chi connectivity index (χ2v) is 12.0. The molecular formula is C36H42O7. The zero-order valence-corrected chi connectivity index (χ0v) is 24.8. The van der Waals surface area contributed by atoms with E-state index in [1.54, 1.807) is 0 Å². The molecule has 0 aromatic heterocycles. The van der Waals surface area contributed by atoms with E-state index in [2.05, 4.69) is 24.3 Å². The molecule has 0 spiro atoms. The van der Waals surface area contributed by atoms with Crippen LogP contribution in [-0.4, -0.2) is 63.4 Å². The molecule has 7 nitrogen and oxygen atoms in total. The Labute approximate surface area is 254 Å². The van der Waals surface area contributed by atoms with Gasteiger partial charge in [0.05, 0.1) is 51.8 Å². The molecule has 0 amide bonds. The third-order valence-corrected chi connectivity index (χ3v) is 9.36. The number of ketones is 2. The van der Waals surface area contributed by atoms with Gasteiger partial charge in [0.1, 0.15) is 11.2 Å². The fraction of sp³-hybridized carbons (Fsp3) is 0.500. The standard InChI is InChI=1S/C36H42O7/c37-31-23-27-25-40-32-15-7-9-17-35(32,29-11-3-1-4-12-29)42-21-19-39-20-22-43-36(30-13-5-2-6-14-30)18-10-8-16-33(36)41-26-28(24-31)34(27)38/h1-6,11-14,23-24,32-33H,7-10,15-22,25-26H2/t32-,33+,35-,36+. The number of ether oxygens (including phenoxy) is 5. The molecule has 4 aliphatic rings. The highest BCUT2D eigenvalue weighted by Crippen LogP contribution is 2.44. The number of rotatable bonds is 2. The van der Waals surface area contributed by atoms with Crippen molar-refractivity contribution >= 4 is 11.6 Å². The van der Waals surface area contributed by atoms with E-state index in [1.807, 2.05) is 36.4 Å². The first-order chi connectivity index (χ1) is 21.1. The molecule has 43 heavy (non-hydrogen) atoms. The maximum absolute atomic E-state index is 13.7. The highest BCUT2D eigenvalue weighted by molar-refractivity contribution is 6.20. The van der Waals surface area contributed by atoms with Gasteiger partial charge in [-0.3, -0.25) is 9.59 Å². The zero-order chi connectivity index (χ0) is 29.5. The Morgan fingerprint density at radius 3 is 1.51 bits per heavy atom. The molecule has 3 aliphatic carbocycles. The number of carbonyl (C=O) groups is 2. The molecule has 0 N–H and O–H groups in total. The van der Waals surface area contributed by atoms with Gasteiger partial charge in [0.2, 0.25) is 0 Å². The molecule has 1 heterocycles. The Kier molecular flexibility index (Phi) is 9.65. The summed E-state index contributed by atoms with van der Waals surface area (Å²) in [4.78, 5) is 26.5. The molecule has 1 aliphatic heterocycles. The van der Waals surface area contributed by atoms with E-state index in [-0.39, 0.29) is 37.0 Å². The lowest BCUT2D eigenvalue weighted by Gasteiger charge is -2.45. The van der Waals surface area contributed by atoms with Crippen molar-refractivity contribution in [2.24, 2.45) is 0 Å². The zero-order valence-electron chi connectivity index (χ0n) is 24.8. The summed E-state index contributed by atoms with van der Waals surface area (Å²) in [6, 6.07) is 20.4. The molecule has 2 bridgehead atoms. The summed E-state index contributed by atoms with van der Waals surface area (Å²) in [5, 5.41) is 0. The summed E-state index contributed by atoms with van der Waals surface area (Å²) in [6.45, 7) is 1.74. The molecular weight excluding hydrogens is 544 g/mol. The van der Waals surface area contributed by atoms with Crippen LogP contribution in [0.25, 0.3) is 0 Å². The minimum Gasteiger partial charge on any atom is -0.377 e. The summed E-state index contributed by atoms with van der Waals surface area (Å²) >= 11 is 0. The van der Waals surface area contributed by atoms with Crippen LogP contribution in [0.15, 0.2) is 84.0 Å². The molecule has 0 radical (unpaired) electrons. The molecule has 3 fully saturated rings. The maximum atomic E-state index is 13.7.